The average Bonchev–Trinajstić information content (AvgIpc) is 3.10. The van der Waals surface area contributed by atoms with Gasteiger partial charge in [-0.15, -0.1) is 4.91 Å². The van der Waals surface area contributed by atoms with Crippen molar-refractivity contribution in [2.75, 3.05) is 5.32 Å². The Labute approximate surface area is 133 Å². The molecule has 1 amide bonds. The molecule has 1 aliphatic carbocycles. The monoisotopic (exact) mass is 312 g/mol. The van der Waals surface area contributed by atoms with Gasteiger partial charge in [0.2, 0.25) is 0 Å². The fraction of sp³-hybridized carbons (Fsp3) is 0.278. The molecule has 0 saturated heterocycles. The maximum atomic E-state index is 13.7. The quantitative estimate of drug-likeness (QED) is 0.795. The molecule has 23 heavy (non-hydrogen) atoms. The lowest BCUT2D eigenvalue weighted by molar-refractivity contribution is 0.102. The molecule has 3 rings (SSSR count). The Kier molecular flexibility index (Phi) is 4.46. The highest BCUT2D eigenvalue weighted by Crippen LogP contribution is 2.34. The molecule has 5 heteroatoms. The number of nitrogens with one attached hydrogen (secondary N) is 1. The largest absolute Gasteiger partial charge is 0.322 e. The zero-order valence-corrected chi connectivity index (χ0v) is 12.6. The lowest BCUT2D eigenvalue weighted by Gasteiger charge is -2.11. The van der Waals surface area contributed by atoms with Gasteiger partial charge in [0, 0.05) is 5.69 Å². The van der Waals surface area contributed by atoms with Gasteiger partial charge in [-0.2, -0.15) is 0 Å². The molecule has 0 spiro atoms. The van der Waals surface area contributed by atoms with Crippen molar-refractivity contribution in [3.05, 3.63) is 64.3 Å². The maximum Gasteiger partial charge on any atom is 0.258 e. The number of carbonyl (C=O) groups excluding carboxylic acids is 1. The van der Waals surface area contributed by atoms with E-state index in [1.165, 1.54) is 37.3 Å². The van der Waals surface area contributed by atoms with Crippen LogP contribution in [0.4, 0.5) is 15.8 Å². The van der Waals surface area contributed by atoms with Gasteiger partial charge in [0.25, 0.3) is 5.91 Å². The topological polar surface area (TPSA) is 58.5 Å². The molecule has 0 unspecified atom stereocenters. The lowest BCUT2D eigenvalue weighted by Crippen LogP contribution is -2.13. The van der Waals surface area contributed by atoms with Gasteiger partial charge in [0.15, 0.2) is 0 Å². The van der Waals surface area contributed by atoms with Crippen LogP contribution in [0.25, 0.3) is 0 Å². The minimum atomic E-state index is -0.683. The highest BCUT2D eigenvalue weighted by molar-refractivity contribution is 6.04. The highest BCUT2D eigenvalue weighted by Gasteiger charge is 2.17. The summed E-state index contributed by atoms with van der Waals surface area (Å²) in [7, 11) is 0. The van der Waals surface area contributed by atoms with Crippen molar-refractivity contribution >= 4 is 17.3 Å². The van der Waals surface area contributed by atoms with Gasteiger partial charge in [-0.05, 0) is 59.8 Å². The van der Waals surface area contributed by atoms with Crippen molar-refractivity contribution in [2.24, 2.45) is 5.18 Å². The second kappa shape index (κ2) is 6.69. The minimum absolute atomic E-state index is 0.0214. The fourth-order valence-electron chi connectivity index (χ4n) is 3.04. The summed E-state index contributed by atoms with van der Waals surface area (Å²) in [6.45, 7) is 0. The number of hydrogen-bond acceptors (Lipinski definition) is 3. The fourth-order valence-corrected chi connectivity index (χ4v) is 3.04. The molecule has 0 aromatic heterocycles. The summed E-state index contributed by atoms with van der Waals surface area (Å²) in [4.78, 5) is 22.7. The molecule has 0 heterocycles. The number of anilines is 1. The molecule has 1 fully saturated rings. The molecule has 1 aliphatic rings. The standard InChI is InChI=1S/C18H17FN2O2/c19-17-10-9-15(21-23)11-16(17)18(22)20-14-7-5-13(6-8-14)12-3-1-2-4-12/h5-12H,1-4H2,(H,20,22). The number of benzene rings is 2. The molecule has 0 bridgehead atoms. The Morgan fingerprint density at radius 3 is 2.43 bits per heavy atom. The van der Waals surface area contributed by atoms with E-state index < -0.39 is 11.7 Å². The van der Waals surface area contributed by atoms with E-state index in [1.54, 1.807) is 0 Å². The summed E-state index contributed by atoms with van der Waals surface area (Å²) in [5.74, 6) is -0.674. The Hall–Kier alpha value is -2.56. The summed E-state index contributed by atoms with van der Waals surface area (Å²) in [5.41, 5.74) is 1.70. The molecular weight excluding hydrogens is 295 g/mol. The number of carbonyl (C=O) groups is 1. The predicted octanol–water partition coefficient (Wildman–Crippen LogP) is 5.13. The van der Waals surface area contributed by atoms with Crippen LogP contribution in [0.15, 0.2) is 47.6 Å². The first-order valence-corrected chi connectivity index (χ1v) is 7.71. The van der Waals surface area contributed by atoms with Crippen LogP contribution in [0.3, 0.4) is 0 Å². The molecule has 118 valence electrons. The van der Waals surface area contributed by atoms with Crippen LogP contribution >= 0.6 is 0 Å². The van der Waals surface area contributed by atoms with Crippen molar-refractivity contribution in [3.8, 4) is 0 Å². The van der Waals surface area contributed by atoms with Crippen molar-refractivity contribution in [3.63, 3.8) is 0 Å². The van der Waals surface area contributed by atoms with Gasteiger partial charge >= 0.3 is 0 Å². The van der Waals surface area contributed by atoms with E-state index in [2.05, 4.69) is 10.5 Å². The van der Waals surface area contributed by atoms with Crippen molar-refractivity contribution in [1.82, 2.24) is 0 Å². The Bertz CT molecular complexity index is 722. The van der Waals surface area contributed by atoms with Crippen LogP contribution in [0.5, 0.6) is 0 Å². The molecule has 1 saturated carbocycles. The lowest BCUT2D eigenvalue weighted by atomic mass is 9.97. The Morgan fingerprint density at radius 1 is 1.09 bits per heavy atom. The van der Waals surface area contributed by atoms with Gasteiger partial charge in [-0.1, -0.05) is 25.0 Å². The molecule has 2 aromatic rings. The van der Waals surface area contributed by atoms with Crippen LogP contribution in [0.1, 0.15) is 47.5 Å². The van der Waals surface area contributed by atoms with Crippen LogP contribution in [0, 0.1) is 10.7 Å². The van der Waals surface area contributed by atoms with Crippen LogP contribution < -0.4 is 5.32 Å². The second-order valence-electron chi connectivity index (χ2n) is 5.81. The number of rotatable bonds is 4. The summed E-state index contributed by atoms with van der Waals surface area (Å²) >= 11 is 0. The van der Waals surface area contributed by atoms with Gasteiger partial charge in [0.1, 0.15) is 11.5 Å². The number of nitrogens with zero attached hydrogens (tertiary/aromatic N) is 1. The van der Waals surface area contributed by atoms with Crippen molar-refractivity contribution in [2.45, 2.75) is 31.6 Å². The number of amides is 1. The first kappa shape index (κ1) is 15.3. The number of hydrogen-bond donors (Lipinski definition) is 1. The minimum Gasteiger partial charge on any atom is -0.322 e. The molecule has 2 aromatic carbocycles. The van der Waals surface area contributed by atoms with E-state index in [0.29, 0.717) is 11.6 Å². The van der Waals surface area contributed by atoms with E-state index in [9.17, 15) is 14.1 Å². The van der Waals surface area contributed by atoms with Gasteiger partial charge < -0.3 is 5.32 Å². The first-order valence-electron chi connectivity index (χ1n) is 7.71. The van der Waals surface area contributed by atoms with Gasteiger partial charge in [0.05, 0.1) is 5.56 Å². The molecule has 0 atom stereocenters. The van der Waals surface area contributed by atoms with Crippen LogP contribution in [-0.2, 0) is 0 Å². The molecule has 1 N–H and O–H groups in total. The van der Waals surface area contributed by atoms with E-state index in [4.69, 9.17) is 0 Å². The SMILES string of the molecule is O=Nc1ccc(F)c(C(=O)Nc2ccc(C3CCCC3)cc2)c1. The third-order valence-corrected chi connectivity index (χ3v) is 4.30. The summed E-state index contributed by atoms with van der Waals surface area (Å²) in [5, 5.41) is 5.37. The first-order chi connectivity index (χ1) is 11.2. The van der Waals surface area contributed by atoms with E-state index >= 15 is 0 Å². The summed E-state index contributed by atoms with van der Waals surface area (Å²) in [6.07, 6.45) is 4.96. The zero-order valence-electron chi connectivity index (χ0n) is 12.6. The smallest absolute Gasteiger partial charge is 0.258 e. The van der Waals surface area contributed by atoms with E-state index in [0.717, 1.165) is 12.1 Å². The summed E-state index contributed by atoms with van der Waals surface area (Å²) < 4.78 is 13.7. The third kappa shape index (κ3) is 3.44. The zero-order chi connectivity index (χ0) is 16.2. The molecule has 0 aliphatic heterocycles. The number of nitroso groups, excluding NO2 is 1. The molecule has 0 radical (unpaired) electrons. The van der Waals surface area contributed by atoms with Gasteiger partial charge in [-0.3, -0.25) is 4.79 Å². The van der Waals surface area contributed by atoms with Crippen molar-refractivity contribution in [1.29, 1.82) is 0 Å². The average molecular weight is 312 g/mol. The predicted molar refractivity (Wildman–Crippen MR) is 87.5 cm³/mol. The second-order valence-corrected chi connectivity index (χ2v) is 5.81. The maximum absolute atomic E-state index is 13.7. The summed E-state index contributed by atoms with van der Waals surface area (Å²) in [6, 6.07) is 11.1. The van der Waals surface area contributed by atoms with Gasteiger partial charge in [-0.25, -0.2) is 4.39 Å². The van der Waals surface area contributed by atoms with Crippen molar-refractivity contribution < 1.29 is 9.18 Å². The van der Waals surface area contributed by atoms with Crippen LogP contribution in [0.2, 0.25) is 0 Å². The van der Waals surface area contributed by atoms with E-state index in [1.807, 2.05) is 24.3 Å². The Balaban J connectivity index is 1.73. The molecular formula is C18H17FN2O2. The normalized spacial score (nSPS) is 14.7. The Morgan fingerprint density at radius 2 is 1.78 bits per heavy atom. The van der Waals surface area contributed by atoms with E-state index in [-0.39, 0.29) is 11.3 Å². The van der Waals surface area contributed by atoms with Crippen LogP contribution in [-0.4, -0.2) is 5.91 Å². The third-order valence-electron chi connectivity index (χ3n) is 4.30. The molecule has 4 nitrogen and oxygen atoms in total. The highest BCUT2D eigenvalue weighted by atomic mass is 19.1. The number of halogens is 1.